The van der Waals surface area contributed by atoms with Crippen LogP contribution in [0.5, 0.6) is 0 Å². The van der Waals surface area contributed by atoms with Gasteiger partial charge >= 0.3 is 21.7 Å². The maximum Gasteiger partial charge on any atom is 3.00 e. The van der Waals surface area contributed by atoms with Crippen LogP contribution in [-0.2, 0) is 36.1 Å². The van der Waals surface area contributed by atoms with Crippen LogP contribution in [-0.4, -0.2) is 52.5 Å². The molecule has 3 N–H and O–H groups in total. The summed E-state index contributed by atoms with van der Waals surface area (Å²) in [6.45, 7) is -0.644. The van der Waals surface area contributed by atoms with Crippen LogP contribution in [0.15, 0.2) is 0 Å². The third kappa shape index (κ3) is 51.7. The first-order valence-corrected chi connectivity index (χ1v) is 3.69. The minimum absolute atomic E-state index is 0. The van der Waals surface area contributed by atoms with E-state index in [-0.39, 0.29) is 21.7 Å². The molecule has 0 heterocycles. The smallest absolute Gasteiger partial charge is 0.548 e. The van der Waals surface area contributed by atoms with Crippen LogP contribution in [0.1, 0.15) is 6.92 Å². The zero-order chi connectivity index (χ0) is 13.7. The third-order valence-corrected chi connectivity index (χ3v) is 0.599. The zero-order valence-electron chi connectivity index (χ0n) is 8.78. The van der Waals surface area contributed by atoms with Gasteiger partial charge in [-0.25, -0.2) is 0 Å². The molecular weight excluding hydrogens is 276 g/mol. The van der Waals surface area contributed by atoms with E-state index in [4.69, 9.17) is 35.1 Å². The van der Waals surface area contributed by atoms with Crippen molar-refractivity contribution in [2.75, 3.05) is 13.2 Å². The number of carboxylic acids is 3. The van der Waals surface area contributed by atoms with Crippen LogP contribution in [0.4, 0.5) is 0 Å². The van der Waals surface area contributed by atoms with Crippen LogP contribution >= 0.6 is 0 Å². The van der Waals surface area contributed by atoms with Gasteiger partial charge in [0.05, 0.1) is 37.2 Å². The number of hydrogen-bond acceptors (Lipinski definition) is 9. The predicted octanol–water partition coefficient (Wildman–Crippen LogP) is -6.43. The summed E-state index contributed by atoms with van der Waals surface area (Å²) >= 11 is 0. The Labute approximate surface area is 111 Å². The van der Waals surface area contributed by atoms with Crippen molar-refractivity contribution in [2.45, 2.75) is 13.0 Å². The van der Waals surface area contributed by atoms with E-state index in [1.54, 1.807) is 0 Å². The minimum atomic E-state index is -1.44. The molecule has 0 amide bonds. The summed E-state index contributed by atoms with van der Waals surface area (Å²) < 4.78 is 0. The Morgan fingerprint density at radius 1 is 1.00 bits per heavy atom. The Kier molecular flexibility index (Phi) is 25.6. The number of hydrogen-bond donors (Lipinski definition) is 3. The summed E-state index contributed by atoms with van der Waals surface area (Å²) in [5.41, 5.74) is 0. The molecule has 0 aromatic rings. The van der Waals surface area contributed by atoms with Gasteiger partial charge in [0.1, 0.15) is 0 Å². The van der Waals surface area contributed by atoms with Gasteiger partial charge in [0.15, 0.2) is 0 Å². The van der Waals surface area contributed by atoms with Crippen molar-refractivity contribution in [1.82, 2.24) is 0 Å². The van der Waals surface area contributed by atoms with Gasteiger partial charge in [-0.15, -0.1) is 0 Å². The molecule has 0 aromatic heterocycles. The quantitative estimate of drug-likeness (QED) is 0.425. The van der Waals surface area contributed by atoms with Crippen molar-refractivity contribution < 1.29 is 66.7 Å². The fraction of sp³-hybridized carbons (Fsp3) is 0.571. The second-order valence-corrected chi connectivity index (χ2v) is 2.06. The Bertz CT molecular complexity index is 201. The molecule has 0 rings (SSSR count). The van der Waals surface area contributed by atoms with Gasteiger partial charge in [-0.1, -0.05) is 0 Å². The van der Waals surface area contributed by atoms with Gasteiger partial charge in [0, 0.05) is 0 Å². The Morgan fingerprint density at radius 3 is 1.12 bits per heavy atom. The van der Waals surface area contributed by atoms with Crippen molar-refractivity contribution in [3.05, 3.63) is 0 Å². The summed E-state index contributed by atoms with van der Waals surface area (Å²) in [5, 5.41) is 50.3. The van der Waals surface area contributed by atoms with Gasteiger partial charge in [-0.3, -0.25) is 0 Å². The Balaban J connectivity index is -0.0000000729. The average molecular weight is 287 g/mol. The first-order chi connectivity index (χ1) is 7.18. The van der Waals surface area contributed by atoms with Gasteiger partial charge in [0.2, 0.25) is 0 Å². The molecule has 0 saturated heterocycles. The standard InChI is InChI=1S/C3H6O3.2C2H4O3.Ti/c1-2(4)3(5)6;2*3-1-2(4)5;/h2,4H,1H3,(H,5,6);2*3H,1H2,(H,4,5);/q;;;+3/p-3. The van der Waals surface area contributed by atoms with Crippen molar-refractivity contribution >= 4 is 17.9 Å². The first kappa shape index (κ1) is 25.0. The Morgan fingerprint density at radius 2 is 1.12 bits per heavy atom. The van der Waals surface area contributed by atoms with E-state index in [2.05, 4.69) is 0 Å². The van der Waals surface area contributed by atoms with Gasteiger partial charge in [0.25, 0.3) is 0 Å². The van der Waals surface area contributed by atoms with Crippen LogP contribution in [0.25, 0.3) is 0 Å². The van der Waals surface area contributed by atoms with Crippen LogP contribution in [0, 0.1) is 0 Å². The molecule has 9 nitrogen and oxygen atoms in total. The molecule has 0 aliphatic carbocycles. The van der Waals surface area contributed by atoms with Crippen molar-refractivity contribution in [3.8, 4) is 0 Å². The molecule has 1 unspecified atom stereocenters. The molecule has 0 aliphatic rings. The van der Waals surface area contributed by atoms with Crippen LogP contribution in [0.2, 0.25) is 0 Å². The van der Waals surface area contributed by atoms with E-state index in [9.17, 15) is 9.90 Å². The monoisotopic (exact) mass is 287 g/mol. The number of aliphatic carboxylic acids is 3. The number of aliphatic hydroxyl groups excluding tert-OH is 3. The maximum absolute atomic E-state index is 9.34. The minimum Gasteiger partial charge on any atom is -0.548 e. The molecule has 0 saturated carbocycles. The van der Waals surface area contributed by atoms with Crippen molar-refractivity contribution in [1.29, 1.82) is 0 Å². The molecule has 0 fully saturated rings. The third-order valence-electron chi connectivity index (χ3n) is 0.599. The van der Waals surface area contributed by atoms with E-state index in [0.717, 1.165) is 6.92 Å². The second kappa shape index (κ2) is 17.4. The van der Waals surface area contributed by atoms with Crippen LogP contribution < -0.4 is 15.3 Å². The topological polar surface area (TPSA) is 181 Å². The zero-order valence-corrected chi connectivity index (χ0v) is 10.3. The fourth-order valence-electron chi connectivity index (χ4n) is 0. The molecule has 0 aliphatic heterocycles. The number of carboxylic acid groups (broad SMARTS) is 3. The first-order valence-electron chi connectivity index (χ1n) is 3.69. The molecule has 1 radical (unpaired) electrons. The fourth-order valence-corrected chi connectivity index (χ4v) is 0. The van der Waals surface area contributed by atoms with E-state index >= 15 is 0 Å². The van der Waals surface area contributed by atoms with E-state index in [1.165, 1.54) is 0 Å². The molecule has 0 aromatic carbocycles. The van der Waals surface area contributed by atoms with E-state index in [0.29, 0.717) is 0 Å². The molecular formula is C7H11O9Ti. The molecule has 1 atom stereocenters. The van der Waals surface area contributed by atoms with Crippen molar-refractivity contribution in [2.24, 2.45) is 0 Å². The second-order valence-electron chi connectivity index (χ2n) is 2.06. The summed E-state index contributed by atoms with van der Waals surface area (Å²) in [6, 6.07) is 0. The number of rotatable bonds is 3. The summed E-state index contributed by atoms with van der Waals surface area (Å²) in [7, 11) is 0. The largest absolute Gasteiger partial charge is 3.00 e. The summed E-state index contributed by atoms with van der Waals surface area (Å²) in [6.07, 6.45) is -1.34. The molecule has 97 valence electrons. The predicted molar refractivity (Wildman–Crippen MR) is 40.9 cm³/mol. The SMILES string of the molecule is CC(O)C(=O)[O-].O=C([O-])CO.O=C([O-])CO.[Ti+3]. The van der Waals surface area contributed by atoms with Crippen LogP contribution in [0.3, 0.4) is 0 Å². The summed E-state index contributed by atoms with van der Waals surface area (Å²) in [5.74, 6) is -4.31. The number of carbonyl (C=O) groups excluding carboxylic acids is 3. The van der Waals surface area contributed by atoms with Crippen molar-refractivity contribution in [3.63, 3.8) is 0 Å². The molecule has 0 bridgehead atoms. The summed E-state index contributed by atoms with van der Waals surface area (Å²) in [4.78, 5) is 27.4. The Hall–Kier alpha value is -0.996. The van der Waals surface area contributed by atoms with Gasteiger partial charge < -0.3 is 45.0 Å². The van der Waals surface area contributed by atoms with E-state index in [1.807, 2.05) is 0 Å². The molecule has 17 heavy (non-hydrogen) atoms. The van der Waals surface area contributed by atoms with E-state index < -0.39 is 37.2 Å². The normalized spacial score (nSPS) is 9.18. The van der Waals surface area contributed by atoms with Gasteiger partial charge in [-0.2, -0.15) is 0 Å². The molecule has 0 spiro atoms. The number of carbonyl (C=O) groups is 3. The van der Waals surface area contributed by atoms with Gasteiger partial charge in [-0.05, 0) is 6.92 Å². The number of aliphatic hydroxyl groups is 3. The molecule has 10 heteroatoms. The average Bonchev–Trinajstić information content (AvgIpc) is 2.19. The maximum atomic E-state index is 9.34.